The van der Waals surface area contributed by atoms with Crippen LogP contribution in [-0.2, 0) is 29.5 Å². The van der Waals surface area contributed by atoms with Crippen LogP contribution in [0.25, 0.3) is 32.6 Å². The number of hydrogen-bond donors (Lipinski definition) is 0. The number of aromatic nitrogens is 6. The van der Waals surface area contributed by atoms with Gasteiger partial charge in [-0.2, -0.15) is 0 Å². The molecule has 2 aromatic carbocycles. The fraction of sp³-hybridized carbons (Fsp3) is 0.529. The molecule has 20 heteroatoms. The van der Waals surface area contributed by atoms with E-state index in [-0.39, 0.29) is 9.79 Å². The summed E-state index contributed by atoms with van der Waals surface area (Å²) in [6.07, 6.45) is 31.0. The Hall–Kier alpha value is -3.65. The van der Waals surface area contributed by atoms with E-state index in [0.29, 0.717) is 35.2 Å². The van der Waals surface area contributed by atoms with Gasteiger partial charge in [0.2, 0.25) is 0 Å². The number of hydrogen-bond acceptors (Lipinski definition) is 14. The zero-order valence-corrected chi connectivity index (χ0v) is 60.6. The first kappa shape index (κ1) is 67.2. The molecule has 0 unspecified atom stereocenters. The third kappa shape index (κ3) is 16.2. The predicted molar refractivity (Wildman–Crippen MR) is 371 cm³/mol. The van der Waals surface area contributed by atoms with Crippen molar-refractivity contribution in [1.29, 1.82) is 0 Å². The van der Waals surface area contributed by atoms with E-state index in [1.54, 1.807) is 75.3 Å². The summed E-state index contributed by atoms with van der Waals surface area (Å²) < 4.78 is 74.6. The molecule has 2 aliphatic heterocycles. The Balaban J connectivity index is 0.000000154. The second-order valence-corrected chi connectivity index (χ2v) is 45.9. The molecular weight excluding hydrogens is 1400 g/mol. The van der Waals surface area contributed by atoms with Gasteiger partial charge in [0, 0.05) is 107 Å². The third-order valence-electron chi connectivity index (χ3n) is 18.7. The Morgan fingerprint density at radius 3 is 1.45 bits per heavy atom. The molecule has 0 spiro atoms. The van der Waals surface area contributed by atoms with E-state index in [1.165, 1.54) is 101 Å². The van der Waals surface area contributed by atoms with Crippen molar-refractivity contribution in [2.75, 3.05) is 52.6 Å². The van der Waals surface area contributed by atoms with Gasteiger partial charge in [-0.3, -0.25) is 9.80 Å². The van der Waals surface area contributed by atoms with Crippen molar-refractivity contribution in [3.8, 4) is 10.6 Å². The maximum Gasteiger partial charge on any atom is 0.269 e. The molecule has 0 bridgehead atoms. The Morgan fingerprint density at radius 2 is 1.00 bits per heavy atom. The SMILES string of the molecule is CCC[CH2][Sn]([CH2]CCC)([CH2]CCC)[c]1ncc(C)s1.Cc1cnc(-c2cn(S(=O)(=O)c3ccccc3)c3ncc(C4CCC(N5CCCOCC5)CC4)cc23)s1.O=S(=O)(c1ccccc1)n1cc(I)c2cc(C3CCC(N4CCCOCC4)CC3)cnc21. The Labute approximate surface area is 549 Å². The Bertz CT molecular complexity index is 3690. The average Bonchev–Trinajstić information content (AvgIpc) is 2.28. The molecule has 2 saturated carbocycles. The minimum Gasteiger partial charge on any atom is -0.380 e. The molecule has 2 aliphatic carbocycles. The van der Waals surface area contributed by atoms with Gasteiger partial charge in [-0.05, 0) is 153 Å². The first-order valence-electron chi connectivity index (χ1n) is 32.5. The second-order valence-electron chi connectivity index (χ2n) is 24.7. The Kier molecular flexibility index (Phi) is 24.3. The van der Waals surface area contributed by atoms with Gasteiger partial charge < -0.3 is 9.47 Å². The summed E-state index contributed by atoms with van der Waals surface area (Å²) in [6.45, 7) is 19.0. The largest absolute Gasteiger partial charge is 0.380 e. The number of pyridine rings is 2. The molecule has 2 saturated heterocycles. The van der Waals surface area contributed by atoms with Crippen molar-refractivity contribution in [3.05, 3.63) is 134 Å². The van der Waals surface area contributed by atoms with Gasteiger partial charge in [-0.1, -0.05) is 36.4 Å². The summed E-state index contributed by atoms with van der Waals surface area (Å²) in [4.78, 5) is 27.1. The maximum atomic E-state index is 13.6. The standard InChI is InChI=1S/C28H32N4O3S2.C24H28IN3O3S.C4H4NS.3C4H9.Sn/c1-20-17-30-28(36-20)26-19-32(37(33,34)24-6-3-2-4-7-24)27-25(26)16-22(18-29-27)21-8-10-23(11-9-21)31-12-5-14-35-15-13-31;25-23-17-28(32(29,30)21-5-2-1-3-6-21)24-22(23)15-19(16-26-24)18-7-9-20(10-8-18)27-11-4-13-31-14-12-27;1-4-2-5-3-6-4;3*1-3-4-2;/h2-4,6-7,16-19,21,23H,5,8-15H2,1H3;1-3,5-6,15-18,20H,4,7-14H2;2H,1H3;3*1,3-4H2,2H3;. The van der Waals surface area contributed by atoms with E-state index < -0.39 is 38.4 Å². The van der Waals surface area contributed by atoms with Gasteiger partial charge >= 0.3 is 128 Å². The molecule has 0 atom stereocenters. The molecule has 474 valence electrons. The maximum absolute atomic E-state index is 13.6. The third-order valence-corrected chi connectivity index (χ3v) is 42.5. The van der Waals surface area contributed by atoms with Gasteiger partial charge in [0.15, 0.2) is 11.3 Å². The summed E-state index contributed by atoms with van der Waals surface area (Å²) >= 11 is 3.65. The molecule has 6 aromatic heterocycles. The molecular formula is C68H91IN8O6S4Sn. The first-order chi connectivity index (χ1) is 42.7. The van der Waals surface area contributed by atoms with Crippen molar-refractivity contribution in [2.24, 2.45) is 0 Å². The van der Waals surface area contributed by atoms with Crippen LogP contribution in [0.4, 0.5) is 0 Å². The van der Waals surface area contributed by atoms with Crippen LogP contribution in [-0.4, -0.2) is 138 Å². The van der Waals surface area contributed by atoms with Gasteiger partial charge in [0.25, 0.3) is 20.0 Å². The van der Waals surface area contributed by atoms with E-state index in [4.69, 9.17) is 19.4 Å². The monoisotopic (exact) mass is 1490 g/mol. The fourth-order valence-corrected chi connectivity index (χ4v) is 37.8. The number of nitrogens with zero attached hydrogens (tertiary/aromatic N) is 8. The van der Waals surface area contributed by atoms with E-state index in [9.17, 15) is 16.8 Å². The summed E-state index contributed by atoms with van der Waals surface area (Å²) in [5.41, 5.74) is 4.19. The molecule has 0 radical (unpaired) electrons. The molecule has 4 fully saturated rings. The summed E-state index contributed by atoms with van der Waals surface area (Å²) in [5.74, 6) is 0.910. The molecule has 8 heterocycles. The topological polar surface area (TPSA) is 155 Å². The normalized spacial score (nSPS) is 20.2. The van der Waals surface area contributed by atoms with E-state index in [2.05, 4.69) is 88.4 Å². The van der Waals surface area contributed by atoms with Crippen molar-refractivity contribution in [1.82, 2.24) is 37.7 Å². The van der Waals surface area contributed by atoms with Crippen LogP contribution < -0.4 is 3.02 Å². The molecule has 14 nitrogen and oxygen atoms in total. The number of thiazole rings is 2. The van der Waals surface area contributed by atoms with Crippen molar-refractivity contribution in [2.45, 2.75) is 184 Å². The Morgan fingerprint density at radius 1 is 0.545 bits per heavy atom. The van der Waals surface area contributed by atoms with Gasteiger partial charge in [0.05, 0.1) is 23.0 Å². The van der Waals surface area contributed by atoms with Crippen molar-refractivity contribution >= 4 is 109 Å². The van der Waals surface area contributed by atoms with Gasteiger partial charge in [-0.15, -0.1) is 11.3 Å². The number of rotatable bonds is 19. The number of ether oxygens (including phenoxy) is 2. The summed E-state index contributed by atoms with van der Waals surface area (Å²) in [6, 6.07) is 22.7. The van der Waals surface area contributed by atoms with E-state index in [1.807, 2.05) is 49.0 Å². The minimum atomic E-state index is -3.79. The van der Waals surface area contributed by atoms with Crippen molar-refractivity contribution in [3.63, 3.8) is 0 Å². The van der Waals surface area contributed by atoms with Crippen LogP contribution in [0.15, 0.2) is 120 Å². The van der Waals surface area contributed by atoms with Crippen LogP contribution in [0.1, 0.15) is 156 Å². The number of halogens is 1. The number of benzene rings is 2. The van der Waals surface area contributed by atoms with E-state index >= 15 is 0 Å². The van der Waals surface area contributed by atoms with Gasteiger partial charge in [-0.25, -0.2) is 39.7 Å². The van der Waals surface area contributed by atoms with Crippen LogP contribution >= 0.6 is 45.3 Å². The van der Waals surface area contributed by atoms with Crippen LogP contribution in [0.3, 0.4) is 0 Å². The average molecular weight is 1490 g/mol. The molecule has 12 rings (SSSR count). The fourth-order valence-electron chi connectivity index (χ4n) is 13.7. The van der Waals surface area contributed by atoms with Crippen molar-refractivity contribution < 1.29 is 26.3 Å². The zero-order valence-electron chi connectivity index (χ0n) is 52.3. The second kappa shape index (κ2) is 31.8. The van der Waals surface area contributed by atoms with Crippen LogP contribution in [0.5, 0.6) is 0 Å². The van der Waals surface area contributed by atoms with Crippen LogP contribution in [0, 0.1) is 17.4 Å². The number of fused-ring (bicyclic) bond motifs is 2. The molecule has 88 heavy (non-hydrogen) atoms. The summed E-state index contributed by atoms with van der Waals surface area (Å²) in [5, 5.41) is 2.57. The van der Waals surface area contributed by atoms with Crippen LogP contribution in [0.2, 0.25) is 13.3 Å². The molecule has 0 amide bonds. The smallest absolute Gasteiger partial charge is 0.269 e. The quantitative estimate of drug-likeness (QED) is 0.0559. The zero-order chi connectivity index (χ0) is 61.7. The predicted octanol–water partition coefficient (Wildman–Crippen LogP) is 15.6. The number of aryl methyl sites for hydroxylation is 2. The molecule has 8 aromatic rings. The molecule has 0 N–H and O–H groups in total. The molecule has 4 aliphatic rings. The first-order valence-corrected chi connectivity index (χ1v) is 45.6. The van der Waals surface area contributed by atoms with E-state index in [0.717, 1.165) is 121 Å². The van der Waals surface area contributed by atoms with Gasteiger partial charge in [0.1, 0.15) is 5.01 Å². The number of unbranched alkanes of at least 4 members (excludes halogenated alkanes) is 3. The summed E-state index contributed by atoms with van der Waals surface area (Å²) in [7, 11) is -7.46. The minimum absolute atomic E-state index is 0.247.